The van der Waals surface area contributed by atoms with Crippen LogP contribution in [0.5, 0.6) is 0 Å². The van der Waals surface area contributed by atoms with Crippen molar-refractivity contribution in [3.63, 3.8) is 0 Å². The third-order valence-electron chi connectivity index (χ3n) is 7.29. The molecular weight excluding hydrogens is 632 g/mol. The van der Waals surface area contributed by atoms with Crippen molar-refractivity contribution >= 4 is 21.9 Å². The Balaban J connectivity index is 1.28. The first-order valence-corrected chi connectivity index (χ1v) is 15.7. The number of benzene rings is 4. The number of nitrogens with one attached hydrogen (secondary N) is 1. The predicted octanol–water partition coefficient (Wildman–Crippen LogP) is 7.45. The maximum absolute atomic E-state index is 6.69. The van der Waals surface area contributed by atoms with Crippen LogP contribution in [0.15, 0.2) is 138 Å². The van der Waals surface area contributed by atoms with Crippen LogP contribution >= 0.6 is 15.9 Å². The summed E-state index contributed by atoms with van der Waals surface area (Å²) in [4.78, 5) is 4.59. The fraction of sp³-hybridized carbons (Fsp3) is 0.222. The van der Waals surface area contributed by atoms with Crippen molar-refractivity contribution in [3.8, 4) is 0 Å². The third-order valence-corrected chi connectivity index (χ3v) is 7.63. The van der Waals surface area contributed by atoms with E-state index in [0.29, 0.717) is 42.8 Å². The maximum Gasteiger partial charge on any atom is 0.225 e. The molecule has 0 saturated heterocycles. The van der Waals surface area contributed by atoms with Crippen LogP contribution in [0.2, 0.25) is 0 Å². The van der Waals surface area contributed by atoms with Crippen molar-refractivity contribution in [2.24, 2.45) is 0 Å². The van der Waals surface area contributed by atoms with Crippen molar-refractivity contribution in [3.05, 3.63) is 160 Å². The molecule has 1 aliphatic heterocycles. The molecule has 9 heteroatoms. The summed E-state index contributed by atoms with van der Waals surface area (Å²) in [6.07, 6.45) is 0.271. The summed E-state index contributed by atoms with van der Waals surface area (Å²) in [7, 11) is 0. The topological polar surface area (TPSA) is 79.7 Å². The van der Waals surface area contributed by atoms with Crippen LogP contribution in [0.4, 0.5) is 5.95 Å². The number of hydrogen-bond acceptors (Lipinski definition) is 7. The molecule has 0 aliphatic carbocycles. The van der Waals surface area contributed by atoms with E-state index in [1.807, 2.05) is 115 Å². The molecule has 0 amide bonds. The lowest BCUT2D eigenvalue weighted by molar-refractivity contribution is -0.158. The molecule has 2 heterocycles. The number of rotatable bonds is 14. The Morgan fingerprint density at radius 3 is 1.89 bits per heavy atom. The Morgan fingerprint density at radius 1 is 0.711 bits per heavy atom. The van der Waals surface area contributed by atoms with E-state index in [2.05, 4.69) is 43.5 Å². The number of anilines is 1. The zero-order valence-corrected chi connectivity index (χ0v) is 26.3. The van der Waals surface area contributed by atoms with Crippen LogP contribution in [-0.4, -0.2) is 33.6 Å². The smallest absolute Gasteiger partial charge is 0.225 e. The van der Waals surface area contributed by atoms with Crippen LogP contribution in [-0.2, 0) is 45.3 Å². The van der Waals surface area contributed by atoms with Gasteiger partial charge in [0.05, 0.1) is 19.8 Å². The van der Waals surface area contributed by atoms with Gasteiger partial charge in [0.1, 0.15) is 24.6 Å². The van der Waals surface area contributed by atoms with Gasteiger partial charge in [-0.2, -0.15) is 9.67 Å². The minimum Gasteiger partial charge on any atom is -0.491 e. The minimum atomic E-state index is -0.630. The lowest BCUT2D eigenvalue weighted by Crippen LogP contribution is -2.43. The molecule has 1 N–H and O–H groups in total. The molecule has 45 heavy (non-hydrogen) atoms. The standard InChI is InChI=1S/C36H35BrN4O4/c37-35-39-36(38-22-27-13-5-1-6-14-27)41(40-35)33-21-31(43-24-29-17-9-3-10-18-29)34(44-25-30-19-11-4-12-20-30)32(45-33)26-42-23-28-15-7-2-8-16-28/h1-21,32-34H,22-26H2,(H,38,39,40)/t32-,33+,34+/m1/s1. The van der Waals surface area contributed by atoms with E-state index in [1.54, 1.807) is 4.68 Å². The van der Waals surface area contributed by atoms with Crippen LogP contribution in [0.3, 0.4) is 0 Å². The van der Waals surface area contributed by atoms with Gasteiger partial charge in [0, 0.05) is 12.6 Å². The Morgan fingerprint density at radius 2 is 1.27 bits per heavy atom. The lowest BCUT2D eigenvalue weighted by Gasteiger charge is -2.36. The van der Waals surface area contributed by atoms with Crippen molar-refractivity contribution < 1.29 is 18.9 Å². The zero-order valence-electron chi connectivity index (χ0n) is 24.7. The van der Waals surface area contributed by atoms with Gasteiger partial charge in [-0.3, -0.25) is 0 Å². The molecule has 1 aromatic heterocycles. The van der Waals surface area contributed by atoms with Gasteiger partial charge in [-0.05, 0) is 38.2 Å². The number of ether oxygens (including phenoxy) is 4. The van der Waals surface area contributed by atoms with Gasteiger partial charge >= 0.3 is 0 Å². The van der Waals surface area contributed by atoms with E-state index >= 15 is 0 Å². The lowest BCUT2D eigenvalue weighted by atomic mass is 10.1. The van der Waals surface area contributed by atoms with E-state index < -0.39 is 18.4 Å². The second-order valence-corrected chi connectivity index (χ2v) is 11.3. The molecule has 6 rings (SSSR count). The highest BCUT2D eigenvalue weighted by atomic mass is 79.9. The molecule has 0 unspecified atom stereocenters. The van der Waals surface area contributed by atoms with Crippen LogP contribution < -0.4 is 5.32 Å². The average Bonchev–Trinajstić information content (AvgIpc) is 3.47. The minimum absolute atomic E-state index is 0.277. The first-order valence-electron chi connectivity index (χ1n) is 14.9. The van der Waals surface area contributed by atoms with Crippen LogP contribution in [0, 0.1) is 0 Å². The molecule has 0 radical (unpaired) electrons. The summed E-state index contributed by atoms with van der Waals surface area (Å²) in [5.74, 6) is 1.21. The molecule has 4 aromatic carbocycles. The van der Waals surface area contributed by atoms with E-state index in [4.69, 9.17) is 18.9 Å². The van der Waals surface area contributed by atoms with Crippen molar-refractivity contribution in [1.82, 2.24) is 14.8 Å². The van der Waals surface area contributed by atoms with E-state index in [9.17, 15) is 0 Å². The Kier molecular flexibility index (Phi) is 10.7. The number of nitrogens with zero attached hydrogens (tertiary/aromatic N) is 3. The summed E-state index contributed by atoms with van der Waals surface area (Å²) < 4.78 is 28.1. The van der Waals surface area contributed by atoms with Crippen molar-refractivity contribution in [1.29, 1.82) is 0 Å². The van der Waals surface area contributed by atoms with Gasteiger partial charge in [0.15, 0.2) is 6.23 Å². The van der Waals surface area contributed by atoms with Crippen molar-refractivity contribution in [2.45, 2.75) is 44.8 Å². The summed E-state index contributed by atoms with van der Waals surface area (Å²) in [6.45, 7) is 2.06. The molecule has 0 saturated carbocycles. The zero-order chi connectivity index (χ0) is 30.7. The van der Waals surface area contributed by atoms with Gasteiger partial charge in [0.2, 0.25) is 10.7 Å². The average molecular weight is 668 g/mol. The SMILES string of the molecule is Brc1nc(NCc2ccccc2)n([C@@H]2C=C(OCc3ccccc3)[C@H](OCc3ccccc3)[C@@H](COCc3ccccc3)O2)n1. The fourth-order valence-electron chi connectivity index (χ4n) is 5.02. The summed E-state index contributed by atoms with van der Waals surface area (Å²) >= 11 is 3.46. The largest absolute Gasteiger partial charge is 0.491 e. The molecule has 3 atom stereocenters. The molecule has 230 valence electrons. The number of hydrogen-bond donors (Lipinski definition) is 1. The highest BCUT2D eigenvalue weighted by molar-refractivity contribution is 9.10. The van der Waals surface area contributed by atoms with Gasteiger partial charge in [-0.25, -0.2) is 0 Å². The highest BCUT2D eigenvalue weighted by Gasteiger charge is 2.37. The first-order chi connectivity index (χ1) is 22.2. The Bertz CT molecular complexity index is 1640. The molecule has 0 bridgehead atoms. The monoisotopic (exact) mass is 666 g/mol. The van der Waals surface area contributed by atoms with E-state index in [0.717, 1.165) is 22.3 Å². The van der Waals surface area contributed by atoms with E-state index in [-0.39, 0.29) is 6.61 Å². The normalized spacial score (nSPS) is 17.9. The molecule has 1 aliphatic rings. The second-order valence-electron chi connectivity index (χ2n) is 10.6. The summed E-state index contributed by atoms with van der Waals surface area (Å²) in [6, 6.07) is 40.4. The fourth-order valence-corrected chi connectivity index (χ4v) is 5.36. The van der Waals surface area contributed by atoms with Crippen LogP contribution in [0.25, 0.3) is 0 Å². The highest BCUT2D eigenvalue weighted by Crippen LogP contribution is 2.32. The van der Waals surface area contributed by atoms with Gasteiger partial charge in [-0.1, -0.05) is 121 Å². The Labute approximate surface area is 271 Å². The molecule has 8 nitrogen and oxygen atoms in total. The number of aromatic nitrogens is 3. The van der Waals surface area contributed by atoms with Gasteiger partial charge in [-0.15, -0.1) is 5.10 Å². The summed E-state index contributed by atoms with van der Waals surface area (Å²) in [5, 5.41) is 8.04. The quantitative estimate of drug-likeness (QED) is 0.132. The van der Waals surface area contributed by atoms with Gasteiger partial charge in [0.25, 0.3) is 0 Å². The first kappa shape index (κ1) is 30.7. The summed E-state index contributed by atoms with van der Waals surface area (Å²) in [5.41, 5.74) is 4.31. The van der Waals surface area contributed by atoms with Crippen molar-refractivity contribution in [2.75, 3.05) is 11.9 Å². The maximum atomic E-state index is 6.69. The van der Waals surface area contributed by atoms with E-state index in [1.165, 1.54) is 0 Å². The predicted molar refractivity (Wildman–Crippen MR) is 176 cm³/mol. The molecular formula is C36H35BrN4O4. The number of halogens is 1. The second kappa shape index (κ2) is 15.6. The van der Waals surface area contributed by atoms with Crippen LogP contribution in [0.1, 0.15) is 28.5 Å². The molecule has 0 fully saturated rings. The van der Waals surface area contributed by atoms with Gasteiger partial charge < -0.3 is 24.3 Å². The molecule has 5 aromatic rings. The Hall–Kier alpha value is -4.28. The molecule has 0 spiro atoms. The third kappa shape index (κ3) is 8.67.